The maximum absolute atomic E-state index is 9.85. The van der Waals surface area contributed by atoms with Crippen LogP contribution in [0.5, 0.6) is 11.5 Å². The summed E-state index contributed by atoms with van der Waals surface area (Å²) in [5.74, 6) is 1.72. The van der Waals surface area contributed by atoms with Gasteiger partial charge >= 0.3 is 0 Å². The highest BCUT2D eigenvalue weighted by Crippen LogP contribution is 2.38. The zero-order valence-corrected chi connectivity index (χ0v) is 14.0. The molecule has 0 aliphatic rings. The molecule has 2 aromatic carbocycles. The quantitative estimate of drug-likeness (QED) is 0.751. The Kier molecular flexibility index (Phi) is 4.74. The molecular formula is C18H16ClNO4. The number of aliphatic hydroxyl groups is 1. The van der Waals surface area contributed by atoms with E-state index >= 15 is 0 Å². The molecule has 1 aromatic heterocycles. The van der Waals surface area contributed by atoms with Crippen molar-refractivity contribution in [2.45, 2.75) is 6.61 Å². The van der Waals surface area contributed by atoms with Gasteiger partial charge < -0.3 is 19.1 Å². The fourth-order valence-corrected chi connectivity index (χ4v) is 2.71. The van der Waals surface area contributed by atoms with Gasteiger partial charge in [-0.15, -0.1) is 0 Å². The molecule has 5 nitrogen and oxygen atoms in total. The van der Waals surface area contributed by atoms with Gasteiger partial charge in [-0.25, -0.2) is 0 Å². The Hall–Kier alpha value is -2.50. The summed E-state index contributed by atoms with van der Waals surface area (Å²) in [5, 5.41) is 14.6. The van der Waals surface area contributed by atoms with E-state index in [9.17, 15) is 5.11 Å². The Bertz CT molecular complexity index is 860. The average Bonchev–Trinajstić information content (AvgIpc) is 3.04. The topological polar surface area (TPSA) is 64.7 Å². The standard InChI is InChI=1S/C18H16ClNO4/c1-22-13-6-7-14(16(9-13)23-2)17-15(10-21)18(24-20-17)11-4-3-5-12(19)8-11/h3-9,21H,10H2,1-2H3. The predicted molar refractivity (Wildman–Crippen MR) is 91.4 cm³/mol. The van der Waals surface area contributed by atoms with Crippen LogP contribution in [0.25, 0.3) is 22.6 Å². The van der Waals surface area contributed by atoms with Crippen LogP contribution in [0.2, 0.25) is 5.02 Å². The molecule has 0 amide bonds. The molecule has 0 saturated carbocycles. The molecule has 1 heterocycles. The molecule has 1 N–H and O–H groups in total. The smallest absolute Gasteiger partial charge is 0.173 e. The van der Waals surface area contributed by atoms with Gasteiger partial charge in [0.25, 0.3) is 0 Å². The van der Waals surface area contributed by atoms with Gasteiger partial charge in [-0.3, -0.25) is 0 Å². The normalized spacial score (nSPS) is 10.7. The third kappa shape index (κ3) is 2.96. The molecule has 6 heteroatoms. The van der Waals surface area contributed by atoms with Crippen molar-refractivity contribution in [2.24, 2.45) is 0 Å². The summed E-state index contributed by atoms with van der Waals surface area (Å²) in [6.45, 7) is -0.226. The van der Waals surface area contributed by atoms with Crippen molar-refractivity contribution in [3.63, 3.8) is 0 Å². The molecule has 3 aromatic rings. The average molecular weight is 346 g/mol. The maximum Gasteiger partial charge on any atom is 0.173 e. The summed E-state index contributed by atoms with van der Waals surface area (Å²) in [6.07, 6.45) is 0. The second kappa shape index (κ2) is 6.95. The van der Waals surface area contributed by atoms with E-state index in [2.05, 4.69) is 5.16 Å². The first kappa shape index (κ1) is 16.4. The third-order valence-electron chi connectivity index (χ3n) is 3.70. The summed E-state index contributed by atoms with van der Waals surface area (Å²) in [6, 6.07) is 12.6. The fourth-order valence-electron chi connectivity index (χ4n) is 2.52. The van der Waals surface area contributed by atoms with E-state index in [-0.39, 0.29) is 6.61 Å². The molecule has 0 atom stereocenters. The van der Waals surface area contributed by atoms with Crippen molar-refractivity contribution >= 4 is 11.6 Å². The molecule has 124 valence electrons. The van der Waals surface area contributed by atoms with Crippen LogP contribution in [0.3, 0.4) is 0 Å². The summed E-state index contributed by atoms with van der Waals surface area (Å²) in [4.78, 5) is 0. The lowest BCUT2D eigenvalue weighted by atomic mass is 10.0. The number of ether oxygens (including phenoxy) is 2. The van der Waals surface area contributed by atoms with Gasteiger partial charge in [-0.1, -0.05) is 28.9 Å². The van der Waals surface area contributed by atoms with Crippen LogP contribution in [0.1, 0.15) is 5.56 Å². The molecule has 0 aliphatic heterocycles. The Balaban J connectivity index is 2.14. The highest BCUT2D eigenvalue weighted by Gasteiger charge is 2.21. The van der Waals surface area contributed by atoms with E-state index in [1.807, 2.05) is 18.2 Å². The predicted octanol–water partition coefficient (Wildman–Crippen LogP) is 4.17. The minimum absolute atomic E-state index is 0.226. The molecule has 3 rings (SSSR count). The lowest BCUT2D eigenvalue weighted by Crippen LogP contribution is -1.94. The van der Waals surface area contributed by atoms with Crippen LogP contribution >= 0.6 is 11.6 Å². The monoisotopic (exact) mass is 345 g/mol. The van der Waals surface area contributed by atoms with Crippen molar-refractivity contribution in [2.75, 3.05) is 14.2 Å². The number of benzene rings is 2. The van der Waals surface area contributed by atoms with E-state index < -0.39 is 0 Å². The largest absolute Gasteiger partial charge is 0.497 e. The lowest BCUT2D eigenvalue weighted by Gasteiger charge is -2.09. The van der Waals surface area contributed by atoms with Crippen molar-refractivity contribution in [3.8, 4) is 34.1 Å². The third-order valence-corrected chi connectivity index (χ3v) is 3.93. The Morgan fingerprint density at radius 2 is 1.96 bits per heavy atom. The summed E-state index contributed by atoms with van der Waals surface area (Å²) >= 11 is 6.04. The molecule has 0 radical (unpaired) electrons. The molecule has 0 saturated heterocycles. The van der Waals surface area contributed by atoms with Crippen molar-refractivity contribution < 1.29 is 19.1 Å². The molecule has 0 aliphatic carbocycles. The Morgan fingerprint density at radius 3 is 2.62 bits per heavy atom. The number of hydrogen-bond donors (Lipinski definition) is 1. The van der Waals surface area contributed by atoms with Crippen LogP contribution in [-0.4, -0.2) is 24.5 Å². The van der Waals surface area contributed by atoms with Gasteiger partial charge in [-0.05, 0) is 24.3 Å². The number of hydrogen-bond acceptors (Lipinski definition) is 5. The maximum atomic E-state index is 9.85. The summed E-state index contributed by atoms with van der Waals surface area (Å²) in [5.41, 5.74) is 2.55. The Morgan fingerprint density at radius 1 is 1.12 bits per heavy atom. The molecule has 0 fully saturated rings. The zero-order valence-electron chi connectivity index (χ0n) is 13.2. The minimum atomic E-state index is -0.226. The van der Waals surface area contributed by atoms with Crippen LogP contribution in [0.15, 0.2) is 47.0 Å². The minimum Gasteiger partial charge on any atom is -0.497 e. The molecule has 0 unspecified atom stereocenters. The van der Waals surface area contributed by atoms with Gasteiger partial charge in [0.2, 0.25) is 0 Å². The van der Waals surface area contributed by atoms with E-state index in [0.717, 1.165) is 5.56 Å². The first-order chi connectivity index (χ1) is 11.7. The first-order valence-corrected chi connectivity index (χ1v) is 7.63. The van der Waals surface area contributed by atoms with Gasteiger partial charge in [0.05, 0.1) is 26.4 Å². The first-order valence-electron chi connectivity index (χ1n) is 7.25. The zero-order chi connectivity index (χ0) is 17.1. The molecular weight excluding hydrogens is 330 g/mol. The number of methoxy groups -OCH3 is 2. The van der Waals surface area contributed by atoms with Gasteiger partial charge in [0.15, 0.2) is 5.76 Å². The van der Waals surface area contributed by atoms with E-state index in [1.54, 1.807) is 38.5 Å². The highest BCUT2D eigenvalue weighted by atomic mass is 35.5. The summed E-state index contributed by atoms with van der Waals surface area (Å²) < 4.78 is 16.1. The number of aliphatic hydroxyl groups excluding tert-OH is 1. The lowest BCUT2D eigenvalue weighted by molar-refractivity contribution is 0.281. The van der Waals surface area contributed by atoms with E-state index in [4.69, 9.17) is 25.6 Å². The SMILES string of the molecule is COc1ccc(-c2noc(-c3cccc(Cl)c3)c2CO)c(OC)c1. The van der Waals surface area contributed by atoms with Crippen molar-refractivity contribution in [1.29, 1.82) is 0 Å². The number of aromatic nitrogens is 1. The van der Waals surface area contributed by atoms with E-state index in [1.165, 1.54) is 0 Å². The number of rotatable bonds is 5. The van der Waals surface area contributed by atoms with Gasteiger partial charge in [0.1, 0.15) is 17.2 Å². The second-order valence-corrected chi connectivity index (χ2v) is 5.51. The van der Waals surface area contributed by atoms with E-state index in [0.29, 0.717) is 39.1 Å². The highest BCUT2D eigenvalue weighted by molar-refractivity contribution is 6.30. The fraction of sp³-hybridized carbons (Fsp3) is 0.167. The van der Waals surface area contributed by atoms with Crippen LogP contribution in [0.4, 0.5) is 0 Å². The Labute approximate surface area is 144 Å². The van der Waals surface area contributed by atoms with Crippen LogP contribution in [0, 0.1) is 0 Å². The molecule has 0 spiro atoms. The second-order valence-electron chi connectivity index (χ2n) is 5.07. The van der Waals surface area contributed by atoms with Gasteiger partial charge in [0, 0.05) is 22.2 Å². The summed E-state index contributed by atoms with van der Waals surface area (Å²) in [7, 11) is 3.15. The van der Waals surface area contributed by atoms with Gasteiger partial charge in [-0.2, -0.15) is 0 Å². The number of nitrogens with zero attached hydrogens (tertiary/aromatic N) is 1. The molecule has 24 heavy (non-hydrogen) atoms. The van der Waals surface area contributed by atoms with Crippen LogP contribution in [-0.2, 0) is 6.61 Å². The number of halogens is 1. The van der Waals surface area contributed by atoms with Crippen molar-refractivity contribution in [1.82, 2.24) is 5.16 Å². The molecule has 0 bridgehead atoms. The van der Waals surface area contributed by atoms with Crippen molar-refractivity contribution in [3.05, 3.63) is 53.1 Å². The van der Waals surface area contributed by atoms with Crippen LogP contribution < -0.4 is 9.47 Å².